The standard InChI is InChI=1S/C12H18FN3/c13-8-10-2-5-16(6-3-10)9-11-1-4-15-12(14)7-11/h1,4,7,10H,2-3,5-6,8-9H2,(H2,14,15). The van der Waals surface area contributed by atoms with E-state index in [0.717, 1.165) is 32.5 Å². The van der Waals surface area contributed by atoms with Crippen molar-refractivity contribution in [2.24, 2.45) is 5.92 Å². The third kappa shape index (κ3) is 2.92. The zero-order valence-electron chi connectivity index (χ0n) is 9.40. The highest BCUT2D eigenvalue weighted by molar-refractivity contribution is 5.31. The summed E-state index contributed by atoms with van der Waals surface area (Å²) >= 11 is 0. The summed E-state index contributed by atoms with van der Waals surface area (Å²) in [5.41, 5.74) is 6.81. The van der Waals surface area contributed by atoms with Crippen molar-refractivity contribution in [1.29, 1.82) is 0 Å². The van der Waals surface area contributed by atoms with Crippen LogP contribution in [0.15, 0.2) is 18.3 Å². The summed E-state index contributed by atoms with van der Waals surface area (Å²) in [5, 5.41) is 0. The van der Waals surface area contributed by atoms with Crippen LogP contribution in [0, 0.1) is 5.92 Å². The summed E-state index contributed by atoms with van der Waals surface area (Å²) in [6, 6.07) is 3.89. The summed E-state index contributed by atoms with van der Waals surface area (Å²) in [5.74, 6) is 0.843. The first kappa shape index (κ1) is 11.3. The van der Waals surface area contributed by atoms with Crippen molar-refractivity contribution in [3.8, 4) is 0 Å². The summed E-state index contributed by atoms with van der Waals surface area (Å²) in [4.78, 5) is 6.32. The number of hydrogen-bond donors (Lipinski definition) is 1. The molecule has 3 nitrogen and oxygen atoms in total. The second-order valence-corrected chi connectivity index (χ2v) is 4.46. The number of piperidine rings is 1. The number of halogens is 1. The maximum absolute atomic E-state index is 12.4. The predicted molar refractivity (Wildman–Crippen MR) is 62.6 cm³/mol. The number of likely N-dealkylation sites (tertiary alicyclic amines) is 1. The van der Waals surface area contributed by atoms with Gasteiger partial charge in [-0.2, -0.15) is 0 Å². The van der Waals surface area contributed by atoms with Gasteiger partial charge in [0.1, 0.15) is 5.82 Å². The number of nitrogen functional groups attached to an aromatic ring is 1. The Hall–Kier alpha value is -1.16. The van der Waals surface area contributed by atoms with Gasteiger partial charge in [-0.05, 0) is 49.5 Å². The molecule has 0 aromatic carbocycles. The Morgan fingerprint density at radius 3 is 2.81 bits per heavy atom. The van der Waals surface area contributed by atoms with Crippen molar-refractivity contribution >= 4 is 5.82 Å². The molecule has 1 aliphatic heterocycles. The van der Waals surface area contributed by atoms with Gasteiger partial charge in [0, 0.05) is 12.7 Å². The summed E-state index contributed by atoms with van der Waals surface area (Å²) in [7, 11) is 0. The van der Waals surface area contributed by atoms with Crippen molar-refractivity contribution in [2.75, 3.05) is 25.5 Å². The monoisotopic (exact) mass is 223 g/mol. The summed E-state index contributed by atoms with van der Waals surface area (Å²) < 4.78 is 12.4. The Morgan fingerprint density at radius 1 is 1.44 bits per heavy atom. The molecule has 88 valence electrons. The number of hydrogen-bond acceptors (Lipinski definition) is 3. The van der Waals surface area contributed by atoms with Crippen LogP contribution in [-0.2, 0) is 6.54 Å². The maximum atomic E-state index is 12.4. The highest BCUT2D eigenvalue weighted by Gasteiger charge is 2.18. The third-order valence-corrected chi connectivity index (χ3v) is 3.18. The number of alkyl halides is 1. The number of anilines is 1. The van der Waals surface area contributed by atoms with E-state index in [9.17, 15) is 4.39 Å². The van der Waals surface area contributed by atoms with Gasteiger partial charge < -0.3 is 5.73 Å². The molecule has 0 spiro atoms. The summed E-state index contributed by atoms with van der Waals surface area (Å²) in [6.45, 7) is 2.69. The molecule has 16 heavy (non-hydrogen) atoms. The van der Waals surface area contributed by atoms with E-state index in [-0.39, 0.29) is 12.6 Å². The van der Waals surface area contributed by atoms with E-state index in [1.807, 2.05) is 12.1 Å². The lowest BCUT2D eigenvalue weighted by Crippen LogP contribution is -2.33. The minimum atomic E-state index is -0.171. The van der Waals surface area contributed by atoms with Gasteiger partial charge in [-0.1, -0.05) is 0 Å². The molecule has 4 heteroatoms. The molecular weight excluding hydrogens is 205 g/mol. The topological polar surface area (TPSA) is 42.1 Å². The molecule has 0 saturated carbocycles. The normalized spacial score (nSPS) is 18.8. The van der Waals surface area contributed by atoms with E-state index in [0.29, 0.717) is 5.82 Å². The van der Waals surface area contributed by atoms with Crippen LogP contribution in [0.5, 0.6) is 0 Å². The molecule has 1 aliphatic rings. The van der Waals surface area contributed by atoms with Gasteiger partial charge >= 0.3 is 0 Å². The molecule has 0 atom stereocenters. The zero-order chi connectivity index (χ0) is 11.4. The number of nitrogens with two attached hydrogens (primary N) is 1. The van der Waals surface area contributed by atoms with Crippen LogP contribution in [0.1, 0.15) is 18.4 Å². The lowest BCUT2D eigenvalue weighted by Gasteiger charge is -2.30. The first-order chi connectivity index (χ1) is 7.78. The van der Waals surface area contributed by atoms with Gasteiger partial charge in [0.2, 0.25) is 0 Å². The SMILES string of the molecule is Nc1cc(CN2CCC(CF)CC2)ccn1. The van der Waals surface area contributed by atoms with Gasteiger partial charge in [0.25, 0.3) is 0 Å². The van der Waals surface area contributed by atoms with Gasteiger partial charge in [-0.25, -0.2) is 4.98 Å². The van der Waals surface area contributed by atoms with Gasteiger partial charge in [-0.15, -0.1) is 0 Å². The lowest BCUT2D eigenvalue weighted by atomic mass is 9.98. The van der Waals surface area contributed by atoms with Crippen molar-refractivity contribution < 1.29 is 4.39 Å². The minimum Gasteiger partial charge on any atom is -0.384 e. The van der Waals surface area contributed by atoms with Crippen molar-refractivity contribution in [2.45, 2.75) is 19.4 Å². The maximum Gasteiger partial charge on any atom is 0.123 e. The van der Waals surface area contributed by atoms with E-state index in [2.05, 4.69) is 9.88 Å². The third-order valence-electron chi connectivity index (χ3n) is 3.18. The highest BCUT2D eigenvalue weighted by Crippen LogP contribution is 2.19. The van der Waals surface area contributed by atoms with Gasteiger partial charge in [0.15, 0.2) is 0 Å². The van der Waals surface area contributed by atoms with E-state index in [1.54, 1.807) is 6.20 Å². The molecule has 0 unspecified atom stereocenters. The Kier molecular flexibility index (Phi) is 3.72. The van der Waals surface area contributed by atoms with Crippen LogP contribution in [0.3, 0.4) is 0 Å². The fourth-order valence-corrected chi connectivity index (χ4v) is 2.15. The van der Waals surface area contributed by atoms with Crippen molar-refractivity contribution in [3.63, 3.8) is 0 Å². The second kappa shape index (κ2) is 5.25. The first-order valence-corrected chi connectivity index (χ1v) is 5.76. The van der Waals surface area contributed by atoms with Crippen LogP contribution < -0.4 is 5.73 Å². The molecule has 0 radical (unpaired) electrons. The predicted octanol–water partition coefficient (Wildman–Crippen LogP) is 1.85. The molecule has 1 saturated heterocycles. The van der Waals surface area contributed by atoms with E-state index in [4.69, 9.17) is 5.73 Å². The zero-order valence-corrected chi connectivity index (χ0v) is 9.40. The van der Waals surface area contributed by atoms with E-state index in [1.165, 1.54) is 5.56 Å². The molecule has 0 aliphatic carbocycles. The van der Waals surface area contributed by atoms with E-state index < -0.39 is 0 Å². The fourth-order valence-electron chi connectivity index (χ4n) is 2.15. The summed E-state index contributed by atoms with van der Waals surface area (Å²) in [6.07, 6.45) is 3.67. The molecule has 0 bridgehead atoms. The van der Waals surface area contributed by atoms with Crippen LogP contribution >= 0.6 is 0 Å². The largest absolute Gasteiger partial charge is 0.384 e. The van der Waals surface area contributed by atoms with Crippen LogP contribution in [0.2, 0.25) is 0 Å². The Labute approximate surface area is 95.5 Å². The number of aromatic nitrogens is 1. The Bertz CT molecular complexity index is 335. The number of pyridine rings is 1. The van der Waals surface area contributed by atoms with Crippen LogP contribution in [0.25, 0.3) is 0 Å². The Morgan fingerprint density at radius 2 is 2.19 bits per heavy atom. The van der Waals surface area contributed by atoms with Gasteiger partial charge in [0.05, 0.1) is 6.67 Å². The number of rotatable bonds is 3. The van der Waals surface area contributed by atoms with Crippen molar-refractivity contribution in [1.82, 2.24) is 9.88 Å². The molecule has 1 aromatic heterocycles. The molecule has 2 N–H and O–H groups in total. The minimum absolute atomic E-state index is 0.171. The number of nitrogens with zero attached hydrogens (tertiary/aromatic N) is 2. The van der Waals surface area contributed by atoms with Crippen molar-refractivity contribution in [3.05, 3.63) is 23.9 Å². The fraction of sp³-hybridized carbons (Fsp3) is 0.583. The molecule has 1 aromatic rings. The quantitative estimate of drug-likeness (QED) is 0.850. The van der Waals surface area contributed by atoms with Gasteiger partial charge in [-0.3, -0.25) is 9.29 Å². The average Bonchev–Trinajstić information content (AvgIpc) is 2.30. The molecule has 2 rings (SSSR count). The molecule has 2 heterocycles. The molecule has 1 fully saturated rings. The average molecular weight is 223 g/mol. The highest BCUT2D eigenvalue weighted by atomic mass is 19.1. The van der Waals surface area contributed by atoms with Crippen LogP contribution in [-0.4, -0.2) is 29.6 Å². The molecule has 0 amide bonds. The lowest BCUT2D eigenvalue weighted by molar-refractivity contribution is 0.159. The Balaban J connectivity index is 1.87. The van der Waals surface area contributed by atoms with Crippen LogP contribution in [0.4, 0.5) is 10.2 Å². The second-order valence-electron chi connectivity index (χ2n) is 4.46. The smallest absolute Gasteiger partial charge is 0.123 e. The molecular formula is C12H18FN3. The first-order valence-electron chi connectivity index (χ1n) is 5.76. The van der Waals surface area contributed by atoms with E-state index >= 15 is 0 Å².